The number of aromatic hydroxyl groups is 1. The zero-order valence-electron chi connectivity index (χ0n) is 29.2. The van der Waals surface area contributed by atoms with Gasteiger partial charge in [0.05, 0.1) is 0 Å². The minimum atomic E-state index is -0.100. The fourth-order valence-corrected chi connectivity index (χ4v) is 5.05. The molecule has 0 aliphatic rings. The van der Waals surface area contributed by atoms with E-state index in [-0.39, 0.29) is 11.7 Å². The number of hydrogen-bond donors (Lipinski definition) is 8. The number of carbonyl (C=O) groups excluding carboxylic acids is 1. The van der Waals surface area contributed by atoms with Crippen LogP contribution < -0.4 is 37.2 Å². The molecule has 0 fully saturated rings. The van der Waals surface area contributed by atoms with E-state index in [1.807, 2.05) is 97.1 Å². The highest BCUT2D eigenvalue weighted by Crippen LogP contribution is 2.20. The van der Waals surface area contributed by atoms with E-state index in [9.17, 15) is 9.90 Å². The summed E-state index contributed by atoms with van der Waals surface area (Å²) in [5, 5.41) is 31.8. The van der Waals surface area contributed by atoms with Crippen LogP contribution in [-0.4, -0.2) is 67.1 Å². The lowest BCUT2D eigenvalue weighted by Gasteiger charge is -2.12. The molecule has 8 N–H and O–H groups in total. The second-order valence-electron chi connectivity index (χ2n) is 11.8. The molecule has 0 aliphatic carbocycles. The molecule has 0 bridgehead atoms. The first kappa shape index (κ1) is 35.8. The summed E-state index contributed by atoms with van der Waals surface area (Å²) in [5.41, 5.74) is 4.70. The number of amides is 1. The zero-order valence-corrected chi connectivity index (χ0v) is 29.2. The number of hydrogen-bond acceptors (Lipinski definition) is 14. The summed E-state index contributed by atoms with van der Waals surface area (Å²) in [4.78, 5) is 38.6. The van der Waals surface area contributed by atoms with Gasteiger partial charge in [-0.1, -0.05) is 60.7 Å². The van der Waals surface area contributed by atoms with Crippen LogP contribution in [0, 0.1) is 0 Å². The van der Waals surface area contributed by atoms with Crippen LogP contribution >= 0.6 is 0 Å². The maximum atomic E-state index is 11.2. The number of aromatic nitrogens is 6. The van der Waals surface area contributed by atoms with Gasteiger partial charge in [0.2, 0.25) is 41.6 Å². The molecule has 0 saturated carbocycles. The molecular formula is C38H41N13O2. The number of para-hydroxylation sites is 2. The summed E-state index contributed by atoms with van der Waals surface area (Å²) >= 11 is 0. The third kappa shape index (κ3) is 11.8. The van der Waals surface area contributed by atoms with Crippen LogP contribution in [0.15, 0.2) is 109 Å². The van der Waals surface area contributed by atoms with Crippen molar-refractivity contribution in [1.82, 2.24) is 35.2 Å². The van der Waals surface area contributed by atoms with E-state index < -0.39 is 0 Å². The number of rotatable bonds is 18. The molecule has 0 spiro atoms. The van der Waals surface area contributed by atoms with E-state index >= 15 is 0 Å². The summed E-state index contributed by atoms with van der Waals surface area (Å²) in [5.74, 6) is 2.54. The quantitative estimate of drug-likeness (QED) is 0.0494. The van der Waals surface area contributed by atoms with Crippen LogP contribution in [0.1, 0.15) is 18.1 Å². The lowest BCUT2D eigenvalue weighted by Crippen LogP contribution is -2.26. The minimum absolute atomic E-state index is 0.100. The predicted molar refractivity (Wildman–Crippen MR) is 208 cm³/mol. The van der Waals surface area contributed by atoms with Gasteiger partial charge in [0.25, 0.3) is 0 Å². The molecule has 53 heavy (non-hydrogen) atoms. The van der Waals surface area contributed by atoms with Crippen LogP contribution in [0.5, 0.6) is 5.75 Å². The van der Waals surface area contributed by atoms with Crippen molar-refractivity contribution in [3.05, 3.63) is 120 Å². The van der Waals surface area contributed by atoms with Gasteiger partial charge in [-0.05, 0) is 72.5 Å². The molecule has 2 heterocycles. The van der Waals surface area contributed by atoms with Gasteiger partial charge in [-0.2, -0.15) is 29.9 Å². The number of phenolic OH excluding ortho intramolecular Hbond substituents is 1. The molecule has 0 atom stereocenters. The fourth-order valence-electron chi connectivity index (χ4n) is 5.05. The first-order chi connectivity index (χ1) is 25.9. The number of nitrogens with zero attached hydrogens (tertiary/aromatic N) is 6. The Morgan fingerprint density at radius 1 is 0.472 bits per heavy atom. The molecule has 6 aromatic rings. The highest BCUT2D eigenvalue weighted by Gasteiger charge is 2.10. The Labute approximate surface area is 307 Å². The van der Waals surface area contributed by atoms with E-state index in [0.717, 1.165) is 34.6 Å². The monoisotopic (exact) mass is 711 g/mol. The van der Waals surface area contributed by atoms with Gasteiger partial charge in [0.15, 0.2) is 0 Å². The van der Waals surface area contributed by atoms with Crippen molar-refractivity contribution >= 4 is 58.7 Å². The smallest absolute Gasteiger partial charge is 0.233 e. The molecule has 1 amide bonds. The number of carbonyl (C=O) groups is 1. The van der Waals surface area contributed by atoms with E-state index in [4.69, 9.17) is 0 Å². The van der Waals surface area contributed by atoms with Crippen molar-refractivity contribution in [2.75, 3.05) is 58.1 Å². The van der Waals surface area contributed by atoms with Crippen LogP contribution in [-0.2, 0) is 17.6 Å². The third-order valence-corrected chi connectivity index (χ3v) is 7.65. The second-order valence-corrected chi connectivity index (χ2v) is 11.8. The molecule has 0 aliphatic heterocycles. The van der Waals surface area contributed by atoms with Gasteiger partial charge in [0.1, 0.15) is 5.75 Å². The van der Waals surface area contributed by atoms with Gasteiger partial charge in [-0.15, -0.1) is 0 Å². The molecule has 15 nitrogen and oxygen atoms in total. The van der Waals surface area contributed by atoms with Crippen molar-refractivity contribution in [3.63, 3.8) is 0 Å². The van der Waals surface area contributed by atoms with E-state index in [1.165, 1.54) is 6.92 Å². The average molecular weight is 712 g/mol. The van der Waals surface area contributed by atoms with Gasteiger partial charge in [-0.3, -0.25) is 4.79 Å². The fraction of sp³-hybridized carbons (Fsp3) is 0.184. The summed E-state index contributed by atoms with van der Waals surface area (Å²) in [6, 6.07) is 34.5. The van der Waals surface area contributed by atoms with E-state index in [0.29, 0.717) is 68.3 Å². The highest BCUT2D eigenvalue weighted by atomic mass is 16.3. The molecule has 4 aromatic carbocycles. The van der Waals surface area contributed by atoms with Crippen molar-refractivity contribution in [3.8, 4) is 5.75 Å². The SMILES string of the molecule is CC(=O)NCCNc1nc(NCCc2ccc(Nc3nc(NCCc4ccc(O)cc4)nc(Nc4ccccc4)n3)cc2)nc(Nc2ccccc2)n1. The number of phenols is 1. The predicted octanol–water partition coefficient (Wildman–Crippen LogP) is 5.85. The molecule has 0 radical (unpaired) electrons. The molecule has 0 unspecified atom stereocenters. The summed E-state index contributed by atoms with van der Waals surface area (Å²) in [6.45, 7) is 3.55. The van der Waals surface area contributed by atoms with Crippen molar-refractivity contribution < 1.29 is 9.90 Å². The molecule has 15 heteroatoms. The van der Waals surface area contributed by atoms with Crippen LogP contribution in [0.2, 0.25) is 0 Å². The van der Waals surface area contributed by atoms with Gasteiger partial charge in [0, 0.05) is 50.2 Å². The zero-order chi connectivity index (χ0) is 36.7. The molecule has 6 rings (SSSR count). The Bertz CT molecular complexity index is 2050. The average Bonchev–Trinajstić information content (AvgIpc) is 3.16. The van der Waals surface area contributed by atoms with Crippen molar-refractivity contribution in [2.45, 2.75) is 19.8 Å². The van der Waals surface area contributed by atoms with Crippen molar-refractivity contribution in [1.29, 1.82) is 0 Å². The van der Waals surface area contributed by atoms with Gasteiger partial charge < -0.3 is 42.3 Å². The van der Waals surface area contributed by atoms with Gasteiger partial charge in [-0.25, -0.2) is 0 Å². The molecular weight excluding hydrogens is 671 g/mol. The van der Waals surface area contributed by atoms with Crippen LogP contribution in [0.4, 0.5) is 52.8 Å². The lowest BCUT2D eigenvalue weighted by molar-refractivity contribution is -0.118. The van der Waals surface area contributed by atoms with E-state index in [2.05, 4.69) is 67.1 Å². The normalized spacial score (nSPS) is 10.6. The topological polar surface area (TPSA) is 199 Å². The van der Waals surface area contributed by atoms with Crippen LogP contribution in [0.25, 0.3) is 0 Å². The number of nitrogens with one attached hydrogen (secondary N) is 7. The Kier molecular flexibility index (Phi) is 12.3. The second kappa shape index (κ2) is 18.3. The Balaban J connectivity index is 1.07. The lowest BCUT2D eigenvalue weighted by atomic mass is 10.1. The number of benzene rings is 4. The Morgan fingerprint density at radius 3 is 1.30 bits per heavy atom. The van der Waals surface area contributed by atoms with Gasteiger partial charge >= 0.3 is 0 Å². The third-order valence-electron chi connectivity index (χ3n) is 7.65. The minimum Gasteiger partial charge on any atom is -0.508 e. The largest absolute Gasteiger partial charge is 0.508 e. The molecule has 0 saturated heterocycles. The van der Waals surface area contributed by atoms with Crippen LogP contribution in [0.3, 0.4) is 0 Å². The molecule has 270 valence electrons. The van der Waals surface area contributed by atoms with Crippen molar-refractivity contribution in [2.24, 2.45) is 0 Å². The highest BCUT2D eigenvalue weighted by molar-refractivity contribution is 5.72. The van der Waals surface area contributed by atoms with E-state index in [1.54, 1.807) is 12.1 Å². The maximum absolute atomic E-state index is 11.2. The number of anilines is 9. The summed E-state index contributed by atoms with van der Waals surface area (Å²) in [7, 11) is 0. The summed E-state index contributed by atoms with van der Waals surface area (Å²) in [6.07, 6.45) is 1.44. The molecule has 2 aromatic heterocycles. The Morgan fingerprint density at radius 2 is 0.849 bits per heavy atom. The first-order valence-corrected chi connectivity index (χ1v) is 17.2. The maximum Gasteiger partial charge on any atom is 0.233 e. The Hall–Kier alpha value is -7.03. The first-order valence-electron chi connectivity index (χ1n) is 17.2. The standard InChI is InChI=1S/C38H41N13O2/c1-26(52)39-24-25-42-35-46-33(47-36(50-35)43-29-8-4-2-5-9-29)40-22-20-27-12-16-31(17-13-27)45-38-49-34(41-23-21-28-14-18-32(53)19-15-28)48-37(51-38)44-30-10-6-3-7-11-30/h2-19,53H,20-25H2,1H3,(H,39,52)(H3,40,42,43,46,47,50)(H3,41,44,45,48,49,51). The summed E-state index contributed by atoms with van der Waals surface area (Å²) < 4.78 is 0.